The number of amides is 2. The number of carbonyl (C=O) groups is 2. The topological polar surface area (TPSA) is 81.2 Å². The zero-order valence-electron chi connectivity index (χ0n) is 18.2. The van der Waals surface area contributed by atoms with Crippen molar-refractivity contribution in [3.8, 4) is 5.75 Å². The van der Waals surface area contributed by atoms with Crippen molar-refractivity contribution in [3.63, 3.8) is 0 Å². The first-order chi connectivity index (χ1) is 14.2. The number of benzene rings is 1. The monoisotopic (exact) mass is 415 g/mol. The third kappa shape index (κ3) is 5.11. The summed E-state index contributed by atoms with van der Waals surface area (Å²) in [5.74, 6) is 0.725. The molecule has 2 heterocycles. The van der Waals surface area contributed by atoms with Crippen molar-refractivity contribution in [2.45, 2.75) is 38.9 Å². The molecule has 2 aromatic rings. The second-order valence-electron chi connectivity index (χ2n) is 8.36. The van der Waals surface area contributed by atoms with Crippen LogP contribution in [0.15, 0.2) is 30.5 Å². The van der Waals surface area contributed by atoms with E-state index in [0.717, 1.165) is 22.2 Å². The van der Waals surface area contributed by atoms with Crippen LogP contribution >= 0.6 is 0 Å². The minimum absolute atomic E-state index is 0.354. The van der Waals surface area contributed by atoms with E-state index in [9.17, 15) is 9.59 Å². The van der Waals surface area contributed by atoms with E-state index in [0.29, 0.717) is 26.1 Å². The molecule has 0 aliphatic carbocycles. The van der Waals surface area contributed by atoms with Crippen LogP contribution in [0, 0.1) is 0 Å². The second kappa shape index (κ2) is 8.77. The second-order valence-corrected chi connectivity index (χ2v) is 8.36. The van der Waals surface area contributed by atoms with Crippen LogP contribution in [0.4, 0.5) is 9.59 Å². The van der Waals surface area contributed by atoms with E-state index >= 15 is 0 Å². The Balaban J connectivity index is 1.61. The number of methoxy groups -OCH3 is 1. The van der Waals surface area contributed by atoms with Crippen molar-refractivity contribution in [1.29, 1.82) is 0 Å². The number of fused-ring (bicyclic) bond motifs is 1. The predicted octanol–water partition coefficient (Wildman–Crippen LogP) is 3.99. The molecule has 1 aliphatic heterocycles. The van der Waals surface area contributed by atoms with Crippen molar-refractivity contribution < 1.29 is 23.8 Å². The van der Waals surface area contributed by atoms with E-state index in [2.05, 4.69) is 4.98 Å². The van der Waals surface area contributed by atoms with Gasteiger partial charge in [0.25, 0.3) is 0 Å². The summed E-state index contributed by atoms with van der Waals surface area (Å²) < 4.78 is 16.3. The molecule has 0 spiro atoms. The molecule has 1 aliphatic rings. The van der Waals surface area contributed by atoms with Crippen molar-refractivity contribution >= 4 is 23.1 Å². The normalized spacial score (nSPS) is 16.5. The van der Waals surface area contributed by atoms with Gasteiger partial charge in [-0.2, -0.15) is 0 Å². The van der Waals surface area contributed by atoms with Crippen LogP contribution in [0.25, 0.3) is 10.9 Å². The highest BCUT2D eigenvalue weighted by Crippen LogP contribution is 2.32. The molecular weight excluding hydrogens is 386 g/mol. The molecule has 1 atom stereocenters. The summed E-state index contributed by atoms with van der Waals surface area (Å²) in [7, 11) is 3.30. The molecule has 1 unspecified atom stereocenters. The van der Waals surface area contributed by atoms with Gasteiger partial charge in [0, 0.05) is 37.3 Å². The Kier molecular flexibility index (Phi) is 6.34. The lowest BCUT2D eigenvalue weighted by Crippen LogP contribution is -2.36. The molecule has 162 valence electrons. The minimum atomic E-state index is -0.534. The maximum absolute atomic E-state index is 12.4. The molecule has 1 saturated heterocycles. The number of ether oxygens (including phenoxy) is 3. The van der Waals surface area contributed by atoms with Gasteiger partial charge in [0.2, 0.25) is 0 Å². The van der Waals surface area contributed by atoms with E-state index in [1.807, 2.05) is 45.0 Å². The standard InChI is InChI=1S/C22H29N3O5/c1-22(2,3)30-20(26)24(4)11-6-12-25-14-19(29-21(25)27)16-9-10-23-18-8-7-15(28-5)13-17(16)18/h7-10,13,19H,6,11-12,14H2,1-5H3. The quantitative estimate of drug-likeness (QED) is 0.710. The van der Waals surface area contributed by atoms with Crippen molar-refractivity contribution in [1.82, 2.24) is 14.8 Å². The molecule has 8 heteroatoms. The Morgan fingerprint density at radius 3 is 2.80 bits per heavy atom. The van der Waals surface area contributed by atoms with Gasteiger partial charge >= 0.3 is 12.2 Å². The first-order valence-electron chi connectivity index (χ1n) is 10.0. The smallest absolute Gasteiger partial charge is 0.410 e. The molecule has 3 rings (SSSR count). The van der Waals surface area contributed by atoms with Crippen LogP contribution < -0.4 is 4.74 Å². The summed E-state index contributed by atoms with van der Waals surface area (Å²) in [5, 5.41) is 0.904. The number of pyridine rings is 1. The summed E-state index contributed by atoms with van der Waals surface area (Å²) in [6.45, 7) is 6.92. The van der Waals surface area contributed by atoms with Gasteiger partial charge in [0.05, 0.1) is 19.2 Å². The average molecular weight is 415 g/mol. The largest absolute Gasteiger partial charge is 0.497 e. The van der Waals surface area contributed by atoms with Crippen LogP contribution in [-0.4, -0.2) is 66.4 Å². The van der Waals surface area contributed by atoms with E-state index in [4.69, 9.17) is 14.2 Å². The lowest BCUT2D eigenvalue weighted by atomic mass is 10.0. The number of nitrogens with zero attached hydrogens (tertiary/aromatic N) is 3. The number of hydrogen-bond donors (Lipinski definition) is 0. The van der Waals surface area contributed by atoms with Crippen LogP contribution in [0.2, 0.25) is 0 Å². The Bertz CT molecular complexity index is 925. The van der Waals surface area contributed by atoms with Gasteiger partial charge in [-0.1, -0.05) is 0 Å². The van der Waals surface area contributed by atoms with Gasteiger partial charge in [-0.25, -0.2) is 9.59 Å². The summed E-state index contributed by atoms with van der Waals surface area (Å²) in [6, 6.07) is 7.52. The maximum atomic E-state index is 12.4. The lowest BCUT2D eigenvalue weighted by molar-refractivity contribution is 0.0295. The average Bonchev–Trinajstić information content (AvgIpc) is 3.06. The van der Waals surface area contributed by atoms with Crippen LogP contribution in [0.5, 0.6) is 5.75 Å². The molecule has 0 saturated carbocycles. The molecule has 1 aromatic carbocycles. The van der Waals surface area contributed by atoms with Gasteiger partial charge in [0.1, 0.15) is 17.5 Å². The first-order valence-corrected chi connectivity index (χ1v) is 10.0. The number of carbonyl (C=O) groups excluding carboxylic acids is 2. The Hall–Kier alpha value is -3.03. The fraction of sp³-hybridized carbons (Fsp3) is 0.500. The third-order valence-electron chi connectivity index (χ3n) is 4.84. The Morgan fingerprint density at radius 2 is 2.10 bits per heavy atom. The molecule has 30 heavy (non-hydrogen) atoms. The summed E-state index contributed by atoms with van der Waals surface area (Å²) in [4.78, 5) is 32.0. The molecule has 2 amide bonds. The van der Waals surface area contributed by atoms with Crippen LogP contribution in [0.1, 0.15) is 38.9 Å². The van der Waals surface area contributed by atoms with E-state index in [-0.39, 0.29) is 18.3 Å². The summed E-state index contributed by atoms with van der Waals surface area (Å²) >= 11 is 0. The van der Waals surface area contributed by atoms with Gasteiger partial charge < -0.3 is 24.0 Å². The zero-order valence-corrected chi connectivity index (χ0v) is 18.2. The van der Waals surface area contributed by atoms with E-state index in [1.54, 1.807) is 25.3 Å². The molecule has 1 aromatic heterocycles. The zero-order chi connectivity index (χ0) is 21.9. The molecule has 0 radical (unpaired) electrons. The van der Waals surface area contributed by atoms with Crippen LogP contribution in [-0.2, 0) is 9.47 Å². The Labute approximate surface area is 176 Å². The number of aromatic nitrogens is 1. The third-order valence-corrected chi connectivity index (χ3v) is 4.84. The first kappa shape index (κ1) is 21.7. The predicted molar refractivity (Wildman–Crippen MR) is 113 cm³/mol. The number of cyclic esters (lactones) is 1. The summed E-state index contributed by atoms with van der Waals surface area (Å²) in [6.07, 6.45) is 1.24. The SMILES string of the molecule is COc1ccc2nccc(C3CN(CCCN(C)C(=O)OC(C)(C)C)C(=O)O3)c2c1. The van der Waals surface area contributed by atoms with Gasteiger partial charge in [-0.3, -0.25) is 4.98 Å². The van der Waals surface area contributed by atoms with E-state index in [1.165, 1.54) is 4.90 Å². The fourth-order valence-corrected chi connectivity index (χ4v) is 3.34. The van der Waals surface area contributed by atoms with E-state index < -0.39 is 5.60 Å². The highest BCUT2D eigenvalue weighted by Gasteiger charge is 2.33. The molecular formula is C22H29N3O5. The van der Waals surface area contributed by atoms with Gasteiger partial charge in [-0.15, -0.1) is 0 Å². The number of hydrogen-bond acceptors (Lipinski definition) is 6. The van der Waals surface area contributed by atoms with Crippen molar-refractivity contribution in [2.24, 2.45) is 0 Å². The van der Waals surface area contributed by atoms with Crippen molar-refractivity contribution in [2.75, 3.05) is 33.8 Å². The molecule has 8 nitrogen and oxygen atoms in total. The molecule has 1 fully saturated rings. The Morgan fingerprint density at radius 1 is 1.33 bits per heavy atom. The highest BCUT2D eigenvalue weighted by molar-refractivity contribution is 5.84. The van der Waals surface area contributed by atoms with Crippen molar-refractivity contribution in [3.05, 3.63) is 36.0 Å². The molecule has 0 bridgehead atoms. The maximum Gasteiger partial charge on any atom is 0.410 e. The fourth-order valence-electron chi connectivity index (χ4n) is 3.34. The van der Waals surface area contributed by atoms with Gasteiger partial charge in [-0.05, 0) is 51.5 Å². The minimum Gasteiger partial charge on any atom is -0.497 e. The lowest BCUT2D eigenvalue weighted by Gasteiger charge is -2.25. The van der Waals surface area contributed by atoms with Gasteiger partial charge in [0.15, 0.2) is 0 Å². The van der Waals surface area contributed by atoms with Crippen LogP contribution in [0.3, 0.4) is 0 Å². The highest BCUT2D eigenvalue weighted by atomic mass is 16.6. The molecule has 0 N–H and O–H groups in total. The summed E-state index contributed by atoms with van der Waals surface area (Å²) in [5.41, 5.74) is 1.19. The number of rotatable bonds is 6.